The average molecular weight is 338 g/mol. The van der Waals surface area contributed by atoms with E-state index in [1.807, 2.05) is 54.4 Å². The Balaban J connectivity index is 1.90. The van der Waals surface area contributed by atoms with Gasteiger partial charge in [0.15, 0.2) is 5.78 Å². The van der Waals surface area contributed by atoms with Crippen LogP contribution in [0.2, 0.25) is 0 Å². The van der Waals surface area contributed by atoms with Gasteiger partial charge in [-0.15, -0.1) is 0 Å². The van der Waals surface area contributed by atoms with Crippen LogP contribution in [0, 0.1) is 6.92 Å². The molecule has 0 fully saturated rings. The van der Waals surface area contributed by atoms with Gasteiger partial charge in [0.2, 0.25) is 5.91 Å². The number of amides is 1. The second-order valence-corrected chi connectivity index (χ2v) is 6.52. The van der Waals surface area contributed by atoms with Crippen molar-refractivity contribution in [3.63, 3.8) is 0 Å². The van der Waals surface area contributed by atoms with Crippen LogP contribution in [-0.4, -0.2) is 36.2 Å². The molecule has 0 spiro atoms. The van der Waals surface area contributed by atoms with Crippen LogP contribution in [-0.2, 0) is 22.6 Å². The number of hydrogen-bond donors (Lipinski definition) is 1. The fraction of sp³-hybridized carbons (Fsp3) is 0.333. The summed E-state index contributed by atoms with van der Waals surface area (Å²) in [6, 6.07) is 17.4. The van der Waals surface area contributed by atoms with Crippen LogP contribution in [0.1, 0.15) is 23.6 Å². The number of ketones is 1. The molecule has 0 bridgehead atoms. The van der Waals surface area contributed by atoms with Crippen molar-refractivity contribution < 1.29 is 9.59 Å². The Bertz CT molecular complexity index is 713. The summed E-state index contributed by atoms with van der Waals surface area (Å²) in [5.74, 6) is -0.161. The first-order valence-electron chi connectivity index (χ1n) is 8.52. The third-order valence-corrected chi connectivity index (χ3v) is 4.22. The van der Waals surface area contributed by atoms with E-state index in [1.165, 1.54) is 18.1 Å². The Labute approximate surface area is 149 Å². The second kappa shape index (κ2) is 9.14. The van der Waals surface area contributed by atoms with Crippen molar-refractivity contribution in [2.45, 2.75) is 32.9 Å². The van der Waals surface area contributed by atoms with E-state index < -0.39 is 6.04 Å². The minimum Gasteiger partial charge on any atom is -0.345 e. The van der Waals surface area contributed by atoms with E-state index in [-0.39, 0.29) is 18.2 Å². The molecular formula is C21H26N2O2. The Kier molecular flexibility index (Phi) is 6.90. The molecule has 0 radical (unpaired) electrons. The molecule has 1 atom stereocenters. The fourth-order valence-electron chi connectivity index (χ4n) is 2.77. The van der Waals surface area contributed by atoms with Crippen LogP contribution in [0.25, 0.3) is 0 Å². The van der Waals surface area contributed by atoms with Crippen molar-refractivity contribution in [2.75, 3.05) is 13.6 Å². The van der Waals surface area contributed by atoms with Crippen LogP contribution in [0.3, 0.4) is 0 Å². The van der Waals surface area contributed by atoms with E-state index in [9.17, 15) is 9.59 Å². The van der Waals surface area contributed by atoms with E-state index in [2.05, 4.69) is 24.4 Å². The van der Waals surface area contributed by atoms with Gasteiger partial charge in [-0.3, -0.25) is 14.5 Å². The van der Waals surface area contributed by atoms with Crippen LogP contribution in [0.4, 0.5) is 0 Å². The molecule has 2 aromatic rings. The van der Waals surface area contributed by atoms with Gasteiger partial charge in [0.1, 0.15) is 0 Å². The van der Waals surface area contributed by atoms with E-state index in [1.54, 1.807) is 0 Å². The van der Waals surface area contributed by atoms with Crippen molar-refractivity contribution in [1.29, 1.82) is 0 Å². The van der Waals surface area contributed by atoms with Crippen molar-refractivity contribution in [2.24, 2.45) is 0 Å². The Morgan fingerprint density at radius 3 is 2.32 bits per heavy atom. The number of carbonyl (C=O) groups is 2. The molecule has 0 aliphatic carbocycles. The molecule has 0 saturated carbocycles. The Morgan fingerprint density at radius 2 is 1.68 bits per heavy atom. The number of nitrogens with zero attached hydrogens (tertiary/aromatic N) is 1. The SMILES string of the molecule is CC(=O)[C@H](Cc1ccccc1)NC(=O)CN(C)Cc1ccccc1C. The van der Waals surface area contributed by atoms with Gasteiger partial charge in [-0.05, 0) is 44.0 Å². The first kappa shape index (κ1) is 18.9. The highest BCUT2D eigenvalue weighted by molar-refractivity contribution is 5.88. The lowest BCUT2D eigenvalue weighted by Crippen LogP contribution is -2.45. The lowest BCUT2D eigenvalue weighted by molar-refractivity contribution is -0.127. The third kappa shape index (κ3) is 6.16. The number of benzene rings is 2. The largest absolute Gasteiger partial charge is 0.345 e. The van der Waals surface area contributed by atoms with E-state index in [0.29, 0.717) is 13.0 Å². The van der Waals surface area contributed by atoms with Crippen molar-refractivity contribution in [3.8, 4) is 0 Å². The zero-order chi connectivity index (χ0) is 18.2. The van der Waals surface area contributed by atoms with Crippen molar-refractivity contribution in [3.05, 3.63) is 71.3 Å². The molecule has 132 valence electrons. The maximum absolute atomic E-state index is 12.3. The molecule has 0 saturated heterocycles. The first-order chi connectivity index (χ1) is 12.0. The van der Waals surface area contributed by atoms with Gasteiger partial charge >= 0.3 is 0 Å². The van der Waals surface area contributed by atoms with Gasteiger partial charge in [-0.2, -0.15) is 0 Å². The Hall–Kier alpha value is -2.46. The molecule has 0 aliphatic heterocycles. The van der Waals surface area contributed by atoms with E-state index in [0.717, 1.165) is 5.56 Å². The number of hydrogen-bond acceptors (Lipinski definition) is 3. The van der Waals surface area contributed by atoms with Crippen molar-refractivity contribution in [1.82, 2.24) is 10.2 Å². The molecule has 0 aliphatic rings. The molecule has 0 aromatic heterocycles. The summed E-state index contributed by atoms with van der Waals surface area (Å²) in [4.78, 5) is 26.2. The number of nitrogens with one attached hydrogen (secondary N) is 1. The van der Waals surface area contributed by atoms with Crippen molar-refractivity contribution >= 4 is 11.7 Å². The minimum absolute atomic E-state index is 0.0289. The predicted molar refractivity (Wildman–Crippen MR) is 100 cm³/mol. The van der Waals surface area contributed by atoms with Crippen LogP contribution in [0.15, 0.2) is 54.6 Å². The summed E-state index contributed by atoms with van der Waals surface area (Å²) in [6.07, 6.45) is 0.517. The highest BCUT2D eigenvalue weighted by atomic mass is 16.2. The summed E-state index contributed by atoms with van der Waals surface area (Å²) in [5, 5.41) is 2.87. The zero-order valence-corrected chi connectivity index (χ0v) is 15.2. The molecule has 1 amide bonds. The molecule has 4 heteroatoms. The van der Waals surface area contributed by atoms with Gasteiger partial charge in [-0.25, -0.2) is 0 Å². The maximum Gasteiger partial charge on any atom is 0.234 e. The van der Waals surface area contributed by atoms with Crippen LogP contribution >= 0.6 is 0 Å². The molecule has 1 N–H and O–H groups in total. The maximum atomic E-state index is 12.3. The third-order valence-electron chi connectivity index (χ3n) is 4.22. The number of likely N-dealkylation sites (N-methyl/N-ethyl adjacent to an activating group) is 1. The number of carbonyl (C=O) groups excluding carboxylic acids is 2. The van der Waals surface area contributed by atoms with Gasteiger partial charge in [-0.1, -0.05) is 54.6 Å². The monoisotopic (exact) mass is 338 g/mol. The van der Waals surface area contributed by atoms with Gasteiger partial charge in [0.05, 0.1) is 12.6 Å². The zero-order valence-electron chi connectivity index (χ0n) is 15.2. The number of Topliss-reactive ketones (excluding diaryl/α,β-unsaturated/α-hetero) is 1. The highest BCUT2D eigenvalue weighted by Crippen LogP contribution is 2.09. The summed E-state index contributed by atoms with van der Waals surface area (Å²) >= 11 is 0. The van der Waals surface area contributed by atoms with Gasteiger partial charge in [0, 0.05) is 6.54 Å². The lowest BCUT2D eigenvalue weighted by atomic mass is 10.0. The Morgan fingerprint density at radius 1 is 1.04 bits per heavy atom. The molecule has 4 nitrogen and oxygen atoms in total. The summed E-state index contributed by atoms with van der Waals surface area (Å²) < 4.78 is 0. The fourth-order valence-corrected chi connectivity index (χ4v) is 2.77. The smallest absolute Gasteiger partial charge is 0.234 e. The summed E-state index contributed by atoms with van der Waals surface area (Å²) in [5.41, 5.74) is 3.45. The highest BCUT2D eigenvalue weighted by Gasteiger charge is 2.18. The van der Waals surface area contributed by atoms with Gasteiger partial charge in [0.25, 0.3) is 0 Å². The van der Waals surface area contributed by atoms with Crippen LogP contribution in [0.5, 0.6) is 0 Å². The summed E-state index contributed by atoms with van der Waals surface area (Å²) in [7, 11) is 1.91. The summed E-state index contributed by atoms with van der Waals surface area (Å²) in [6.45, 7) is 4.54. The minimum atomic E-state index is -0.484. The van der Waals surface area contributed by atoms with Gasteiger partial charge < -0.3 is 5.32 Å². The van der Waals surface area contributed by atoms with E-state index in [4.69, 9.17) is 0 Å². The standard InChI is InChI=1S/C21H26N2O2/c1-16-9-7-8-12-19(16)14-23(3)15-21(25)22-20(17(2)24)13-18-10-5-4-6-11-18/h4-12,20H,13-15H2,1-3H3,(H,22,25)/t20-/m0/s1. The quantitative estimate of drug-likeness (QED) is 0.805. The van der Waals surface area contributed by atoms with Crippen LogP contribution < -0.4 is 5.32 Å². The first-order valence-corrected chi connectivity index (χ1v) is 8.52. The molecule has 0 heterocycles. The predicted octanol–water partition coefficient (Wildman–Crippen LogP) is 2.74. The second-order valence-electron chi connectivity index (χ2n) is 6.52. The van der Waals surface area contributed by atoms with E-state index >= 15 is 0 Å². The molecule has 2 rings (SSSR count). The topological polar surface area (TPSA) is 49.4 Å². The normalized spacial score (nSPS) is 12.0. The number of rotatable bonds is 8. The molecule has 2 aromatic carbocycles. The lowest BCUT2D eigenvalue weighted by Gasteiger charge is -2.20. The number of aryl methyl sites for hydroxylation is 1. The average Bonchev–Trinajstić information content (AvgIpc) is 2.57. The molecule has 25 heavy (non-hydrogen) atoms. The molecule has 0 unspecified atom stereocenters. The molecular weight excluding hydrogens is 312 g/mol.